The van der Waals surface area contributed by atoms with Crippen LogP contribution in [0, 0.1) is 0 Å². The molecule has 0 aromatic heterocycles. The van der Waals surface area contributed by atoms with Gasteiger partial charge < -0.3 is 9.64 Å². The number of urea groups is 1. The van der Waals surface area contributed by atoms with Gasteiger partial charge in [0, 0.05) is 12.8 Å². The summed E-state index contributed by atoms with van der Waals surface area (Å²) in [4.78, 5) is 28.4. The largest absolute Gasteiger partial charge is 0.477 e. The van der Waals surface area contributed by atoms with E-state index in [2.05, 4.69) is 9.57 Å². The average Bonchev–Trinajstić information content (AvgIpc) is 2.62. The second-order valence-corrected chi connectivity index (χ2v) is 7.31. The predicted octanol–water partition coefficient (Wildman–Crippen LogP) is 0.345. The van der Waals surface area contributed by atoms with E-state index < -0.39 is 39.4 Å². The number of ether oxygens (including phenoxy) is 1. The Balaban J connectivity index is 2.15. The third-order valence-corrected chi connectivity index (χ3v) is 4.97. The van der Waals surface area contributed by atoms with Crippen LogP contribution in [0.2, 0.25) is 0 Å². The lowest BCUT2D eigenvalue weighted by Gasteiger charge is -2.28. The van der Waals surface area contributed by atoms with Crippen molar-refractivity contribution in [2.24, 2.45) is 0 Å². The van der Waals surface area contributed by atoms with Crippen LogP contribution in [0.1, 0.15) is 19.8 Å². The molecule has 0 radical (unpaired) electrons. The summed E-state index contributed by atoms with van der Waals surface area (Å²) in [6.07, 6.45) is -3.04. The van der Waals surface area contributed by atoms with Gasteiger partial charge >= 0.3 is 18.1 Å². The Bertz CT molecular complexity index is 581. The van der Waals surface area contributed by atoms with E-state index in [4.69, 9.17) is 0 Å². The summed E-state index contributed by atoms with van der Waals surface area (Å²) in [5.74, 6) is -1.90. The summed E-state index contributed by atoms with van der Waals surface area (Å²) in [6.45, 7) is 1.04. The Morgan fingerprint density at radius 2 is 2.05 bits per heavy atom. The molecule has 2 fully saturated rings. The molecule has 2 aliphatic heterocycles. The highest BCUT2D eigenvalue weighted by atomic mass is 32.2. The van der Waals surface area contributed by atoms with E-state index in [0.29, 0.717) is 5.06 Å². The van der Waals surface area contributed by atoms with Gasteiger partial charge in [0.1, 0.15) is 5.37 Å². The number of sulfone groups is 1. The Morgan fingerprint density at radius 3 is 2.59 bits per heavy atom. The number of nitrogens with zero attached hydrogens (tertiary/aromatic N) is 2. The van der Waals surface area contributed by atoms with Crippen LogP contribution in [-0.2, 0) is 24.2 Å². The molecule has 2 amide bonds. The standard InChI is InChI=1S/C11H16F2N2O6S/c1-3-20-9(16)11(12,13)21-15-7-4-5-8(22(2,18)19)14(6-7)10(15)17/h7-8H,3-6H2,1-2H3/t7-,8-/m1/s1. The van der Waals surface area contributed by atoms with Gasteiger partial charge in [0.2, 0.25) is 0 Å². The van der Waals surface area contributed by atoms with Crippen LogP contribution in [0.15, 0.2) is 0 Å². The lowest BCUT2D eigenvalue weighted by atomic mass is 10.1. The molecule has 2 saturated heterocycles. The Kier molecular flexibility index (Phi) is 4.30. The maximum Gasteiger partial charge on any atom is 0.477 e. The number of piperidine rings is 1. The molecule has 0 saturated carbocycles. The minimum Gasteiger partial charge on any atom is -0.460 e. The molecule has 2 bridgehead atoms. The number of hydrogen-bond donors (Lipinski definition) is 0. The number of fused-ring (bicyclic) bond motifs is 2. The fourth-order valence-corrected chi connectivity index (χ4v) is 3.74. The van der Waals surface area contributed by atoms with Crippen molar-refractivity contribution < 1.29 is 36.4 Å². The molecule has 2 heterocycles. The molecule has 0 aliphatic carbocycles. The maximum absolute atomic E-state index is 13.6. The van der Waals surface area contributed by atoms with Gasteiger partial charge in [-0.05, 0) is 19.8 Å². The number of carbonyl (C=O) groups excluding carboxylic acids is 2. The summed E-state index contributed by atoms with van der Waals surface area (Å²) in [7, 11) is -3.54. The molecule has 11 heteroatoms. The van der Waals surface area contributed by atoms with Gasteiger partial charge in [0.15, 0.2) is 9.84 Å². The molecular weight excluding hydrogens is 326 g/mol. The van der Waals surface area contributed by atoms with Crippen molar-refractivity contribution >= 4 is 21.8 Å². The van der Waals surface area contributed by atoms with Gasteiger partial charge in [-0.3, -0.25) is 0 Å². The highest BCUT2D eigenvalue weighted by Gasteiger charge is 2.54. The molecule has 2 aliphatic rings. The normalized spacial score (nSPS) is 25.5. The van der Waals surface area contributed by atoms with Crippen LogP contribution in [0.25, 0.3) is 0 Å². The molecule has 0 aromatic rings. The highest BCUT2D eigenvalue weighted by molar-refractivity contribution is 7.91. The fraction of sp³-hybridized carbons (Fsp3) is 0.818. The van der Waals surface area contributed by atoms with Gasteiger partial charge in [0.05, 0.1) is 12.6 Å². The van der Waals surface area contributed by atoms with Crippen LogP contribution < -0.4 is 0 Å². The molecule has 126 valence electrons. The number of esters is 1. The Labute approximate surface area is 125 Å². The summed E-state index contributed by atoms with van der Waals surface area (Å²) >= 11 is 0. The number of alkyl halides is 2. The minimum absolute atomic E-state index is 0.0462. The summed E-state index contributed by atoms with van der Waals surface area (Å²) in [6, 6.07) is -1.73. The van der Waals surface area contributed by atoms with E-state index in [1.54, 1.807) is 0 Å². The molecule has 0 spiro atoms. The van der Waals surface area contributed by atoms with E-state index in [9.17, 15) is 26.8 Å². The monoisotopic (exact) mass is 342 g/mol. The van der Waals surface area contributed by atoms with Gasteiger partial charge in [-0.25, -0.2) is 18.0 Å². The third kappa shape index (κ3) is 3.00. The molecular formula is C11H16F2N2O6S. The summed E-state index contributed by atoms with van der Waals surface area (Å²) < 4.78 is 54.6. The molecule has 0 unspecified atom stereocenters. The lowest BCUT2D eigenvalue weighted by molar-refractivity contribution is -0.329. The van der Waals surface area contributed by atoms with Crippen LogP contribution in [0.5, 0.6) is 0 Å². The molecule has 22 heavy (non-hydrogen) atoms. The first kappa shape index (κ1) is 16.9. The Morgan fingerprint density at radius 1 is 1.41 bits per heavy atom. The number of rotatable bonds is 5. The van der Waals surface area contributed by atoms with E-state index >= 15 is 0 Å². The molecule has 0 aromatic carbocycles. The first-order chi connectivity index (χ1) is 10.1. The zero-order chi connectivity index (χ0) is 16.7. The number of hydroxylamine groups is 2. The van der Waals surface area contributed by atoms with E-state index in [1.807, 2.05) is 0 Å². The Hall–Kier alpha value is -1.49. The zero-order valence-electron chi connectivity index (χ0n) is 12.0. The van der Waals surface area contributed by atoms with Gasteiger partial charge in [-0.2, -0.15) is 18.7 Å². The van der Waals surface area contributed by atoms with Gasteiger partial charge in [0.25, 0.3) is 0 Å². The number of carbonyl (C=O) groups is 2. The van der Waals surface area contributed by atoms with Crippen molar-refractivity contribution in [3.05, 3.63) is 0 Å². The average molecular weight is 342 g/mol. The second-order valence-electron chi connectivity index (χ2n) is 5.10. The van der Waals surface area contributed by atoms with Crippen molar-refractivity contribution in [2.75, 3.05) is 19.4 Å². The van der Waals surface area contributed by atoms with E-state index in [-0.39, 0.29) is 26.0 Å². The highest BCUT2D eigenvalue weighted by Crippen LogP contribution is 2.34. The fourth-order valence-electron chi connectivity index (χ4n) is 2.54. The number of halogens is 2. The zero-order valence-corrected chi connectivity index (χ0v) is 12.8. The molecule has 8 nitrogen and oxygen atoms in total. The van der Waals surface area contributed by atoms with Crippen molar-refractivity contribution in [1.29, 1.82) is 0 Å². The number of amides is 2. The quantitative estimate of drug-likeness (QED) is 0.669. The molecule has 0 N–H and O–H groups in total. The van der Waals surface area contributed by atoms with Crippen LogP contribution >= 0.6 is 0 Å². The summed E-state index contributed by atoms with van der Waals surface area (Å²) in [5.41, 5.74) is 0. The summed E-state index contributed by atoms with van der Waals surface area (Å²) in [5, 5.41) is -0.691. The maximum atomic E-state index is 13.6. The van der Waals surface area contributed by atoms with Crippen LogP contribution in [0.3, 0.4) is 0 Å². The van der Waals surface area contributed by atoms with Crippen LogP contribution in [-0.4, -0.2) is 67.3 Å². The van der Waals surface area contributed by atoms with Crippen molar-refractivity contribution in [1.82, 2.24) is 9.96 Å². The topological polar surface area (TPSA) is 93.2 Å². The molecule has 2 rings (SSSR count). The smallest absolute Gasteiger partial charge is 0.460 e. The van der Waals surface area contributed by atoms with Crippen molar-refractivity contribution in [2.45, 2.75) is 37.3 Å². The van der Waals surface area contributed by atoms with Gasteiger partial charge in [-0.1, -0.05) is 0 Å². The van der Waals surface area contributed by atoms with Crippen LogP contribution in [0.4, 0.5) is 13.6 Å². The first-order valence-electron chi connectivity index (χ1n) is 6.60. The van der Waals surface area contributed by atoms with E-state index in [0.717, 1.165) is 11.2 Å². The molecule has 2 atom stereocenters. The second kappa shape index (κ2) is 5.61. The SMILES string of the molecule is CCOC(=O)C(F)(F)ON1C(=O)N2C[C@H]1CC[C@H]2S(C)(=O)=O. The predicted molar refractivity (Wildman–Crippen MR) is 68.3 cm³/mol. The minimum atomic E-state index is -4.31. The number of hydrogen-bond acceptors (Lipinski definition) is 6. The van der Waals surface area contributed by atoms with Crippen molar-refractivity contribution in [3.63, 3.8) is 0 Å². The third-order valence-electron chi connectivity index (χ3n) is 3.49. The van der Waals surface area contributed by atoms with Gasteiger partial charge in [-0.15, -0.1) is 0 Å². The van der Waals surface area contributed by atoms with E-state index in [1.165, 1.54) is 6.92 Å². The first-order valence-corrected chi connectivity index (χ1v) is 8.56. The lowest BCUT2D eigenvalue weighted by Crippen LogP contribution is -2.45. The van der Waals surface area contributed by atoms with Crippen molar-refractivity contribution in [3.8, 4) is 0 Å².